The fourth-order valence-corrected chi connectivity index (χ4v) is 7.14. The van der Waals surface area contributed by atoms with E-state index in [9.17, 15) is 0 Å². The Kier molecular flexibility index (Phi) is 24.9. The largest absolute Gasteiger partial charge is 0.344 e. The molecule has 0 bridgehead atoms. The van der Waals surface area contributed by atoms with Crippen molar-refractivity contribution in [3.63, 3.8) is 0 Å². The monoisotopic (exact) mass is 625 g/mol. The first kappa shape index (κ1) is 40.1. The Morgan fingerprint density at radius 2 is 0.889 bits per heavy atom. The quantitative estimate of drug-likeness (QED) is 0.0609. The van der Waals surface area contributed by atoms with Gasteiger partial charge < -0.3 is 9.47 Å². The van der Waals surface area contributed by atoms with E-state index in [0.717, 1.165) is 31.6 Å². The second kappa shape index (κ2) is 27.9. The summed E-state index contributed by atoms with van der Waals surface area (Å²) in [5.74, 6) is 0.545. The smallest absolute Gasteiger partial charge is 0.169 e. The maximum atomic E-state index is 6.88. The summed E-state index contributed by atoms with van der Waals surface area (Å²) in [5.41, 5.74) is 0. The van der Waals surface area contributed by atoms with Crippen LogP contribution in [0.4, 0.5) is 0 Å². The van der Waals surface area contributed by atoms with Gasteiger partial charge in [-0.1, -0.05) is 153 Å². The van der Waals surface area contributed by atoms with E-state index in [1.807, 2.05) is 0 Å². The Labute approximate surface area is 282 Å². The van der Waals surface area contributed by atoms with Gasteiger partial charge in [-0.25, -0.2) is 0 Å². The summed E-state index contributed by atoms with van der Waals surface area (Å²) in [4.78, 5) is 0. The molecule has 1 saturated heterocycles. The lowest BCUT2D eigenvalue weighted by atomic mass is 9.84. The van der Waals surface area contributed by atoms with Crippen molar-refractivity contribution in [2.45, 2.75) is 219 Å². The maximum Gasteiger partial charge on any atom is 0.169 e. The van der Waals surface area contributed by atoms with Crippen molar-refractivity contribution < 1.29 is 9.47 Å². The van der Waals surface area contributed by atoms with E-state index in [1.54, 1.807) is 0 Å². The Morgan fingerprint density at radius 3 is 1.36 bits per heavy atom. The summed E-state index contributed by atoms with van der Waals surface area (Å²) >= 11 is 0. The summed E-state index contributed by atoms with van der Waals surface area (Å²) in [7, 11) is 0. The number of allylic oxidation sites excluding steroid dienone is 8. The predicted molar refractivity (Wildman–Crippen MR) is 199 cm³/mol. The van der Waals surface area contributed by atoms with Crippen LogP contribution in [0.15, 0.2) is 48.6 Å². The number of ether oxygens (including phenoxy) is 2. The molecule has 0 amide bonds. The highest BCUT2D eigenvalue weighted by Gasteiger charge is 2.48. The van der Waals surface area contributed by atoms with Gasteiger partial charge in [0.15, 0.2) is 5.79 Å². The van der Waals surface area contributed by atoms with E-state index in [-0.39, 0.29) is 5.79 Å². The van der Waals surface area contributed by atoms with E-state index in [2.05, 4.69) is 69.4 Å². The van der Waals surface area contributed by atoms with E-state index >= 15 is 0 Å². The van der Waals surface area contributed by atoms with Gasteiger partial charge in [-0.05, 0) is 89.4 Å². The fourth-order valence-electron chi connectivity index (χ4n) is 7.14. The van der Waals surface area contributed by atoms with Crippen LogP contribution in [0.1, 0.15) is 201 Å². The molecule has 45 heavy (non-hydrogen) atoms. The molecule has 2 nitrogen and oxygen atoms in total. The number of hydrogen-bond donors (Lipinski definition) is 0. The second-order valence-electron chi connectivity index (χ2n) is 14.3. The van der Waals surface area contributed by atoms with Crippen LogP contribution in [-0.4, -0.2) is 18.0 Å². The summed E-state index contributed by atoms with van der Waals surface area (Å²) in [6.07, 6.45) is 55.1. The van der Waals surface area contributed by atoms with Gasteiger partial charge in [0.2, 0.25) is 0 Å². The van der Waals surface area contributed by atoms with Gasteiger partial charge in [0, 0.05) is 12.8 Å². The normalized spacial score (nSPS) is 21.7. The van der Waals surface area contributed by atoms with E-state index in [1.165, 1.54) is 154 Å². The molecular formula is C43H76O2. The van der Waals surface area contributed by atoms with Crippen LogP contribution in [-0.2, 0) is 9.47 Å². The lowest BCUT2D eigenvalue weighted by Crippen LogP contribution is -2.31. The van der Waals surface area contributed by atoms with Crippen molar-refractivity contribution in [3.05, 3.63) is 48.6 Å². The zero-order valence-electron chi connectivity index (χ0n) is 30.5. The topological polar surface area (TPSA) is 18.5 Å². The van der Waals surface area contributed by atoms with E-state index < -0.39 is 0 Å². The van der Waals surface area contributed by atoms with Gasteiger partial charge in [0.25, 0.3) is 0 Å². The highest BCUT2D eigenvalue weighted by Crippen LogP contribution is 2.44. The molecule has 1 aliphatic heterocycles. The molecule has 0 aromatic carbocycles. The summed E-state index contributed by atoms with van der Waals surface area (Å²) < 4.78 is 13.7. The molecular weight excluding hydrogens is 548 g/mol. The van der Waals surface area contributed by atoms with Crippen LogP contribution in [0.25, 0.3) is 0 Å². The minimum Gasteiger partial charge on any atom is -0.344 e. The number of fused-ring (bicyclic) bond motifs is 1. The van der Waals surface area contributed by atoms with Crippen LogP contribution in [0.2, 0.25) is 0 Å². The number of rotatable bonds is 29. The molecule has 1 saturated carbocycles. The summed E-state index contributed by atoms with van der Waals surface area (Å²) in [6.45, 7) is 6.87. The standard InChI is InChI=1S/C43H76O2/c1-4-7-9-11-13-15-17-19-21-23-25-27-29-31-33-37-43(44-41-36-35-40(6-3)39-42(41)45-43)38-34-32-30-28-26-24-22-20-18-16-14-12-10-8-5-2/h11-14,17-20,40-42H,4-10,15-16,21-39H2,1-3H3/b13-11-,14-12-,19-17-,20-18-/t40-,41+,42-/m1/s1. The Morgan fingerprint density at radius 1 is 0.467 bits per heavy atom. The third-order valence-electron chi connectivity index (χ3n) is 10.2. The molecule has 2 heteroatoms. The summed E-state index contributed by atoms with van der Waals surface area (Å²) in [5, 5.41) is 0. The van der Waals surface area contributed by atoms with Crippen LogP contribution in [0, 0.1) is 5.92 Å². The molecule has 2 rings (SSSR count). The van der Waals surface area contributed by atoms with Gasteiger partial charge >= 0.3 is 0 Å². The molecule has 0 aromatic rings. The second-order valence-corrected chi connectivity index (χ2v) is 14.3. The first-order chi connectivity index (χ1) is 22.2. The average molecular weight is 625 g/mol. The highest BCUT2D eigenvalue weighted by molar-refractivity contribution is 4.94. The summed E-state index contributed by atoms with van der Waals surface area (Å²) in [6, 6.07) is 0. The molecule has 2 aliphatic rings. The van der Waals surface area contributed by atoms with Crippen molar-refractivity contribution in [2.24, 2.45) is 5.92 Å². The molecule has 260 valence electrons. The maximum absolute atomic E-state index is 6.88. The van der Waals surface area contributed by atoms with Crippen LogP contribution < -0.4 is 0 Å². The van der Waals surface area contributed by atoms with Crippen LogP contribution >= 0.6 is 0 Å². The Bertz CT molecular complexity index is 731. The fraction of sp³-hybridized carbons (Fsp3) is 0.814. The minimum atomic E-state index is -0.288. The average Bonchev–Trinajstić information content (AvgIpc) is 3.42. The molecule has 3 atom stereocenters. The third kappa shape index (κ3) is 20.0. The first-order valence-corrected chi connectivity index (χ1v) is 20.2. The zero-order valence-corrected chi connectivity index (χ0v) is 30.5. The molecule has 1 aliphatic carbocycles. The SMILES string of the molecule is CCCC/C=C\C/C=C\CCCCCCCCC1(CCCCCCCC/C=C\C/C=C\CCCC)O[C@H]2CC[C@@H](CC)C[C@H]2O1. The molecule has 0 spiro atoms. The van der Waals surface area contributed by atoms with Crippen LogP contribution in [0.5, 0.6) is 0 Å². The van der Waals surface area contributed by atoms with Crippen LogP contribution in [0.3, 0.4) is 0 Å². The first-order valence-electron chi connectivity index (χ1n) is 20.2. The number of hydrogen-bond acceptors (Lipinski definition) is 2. The van der Waals surface area contributed by atoms with Gasteiger partial charge in [0.05, 0.1) is 12.2 Å². The molecule has 0 aromatic heterocycles. The zero-order chi connectivity index (χ0) is 32.1. The Balaban J connectivity index is 1.58. The van der Waals surface area contributed by atoms with Gasteiger partial charge in [-0.2, -0.15) is 0 Å². The molecule has 0 N–H and O–H groups in total. The minimum absolute atomic E-state index is 0.288. The van der Waals surface area contributed by atoms with Gasteiger partial charge in [0.1, 0.15) is 0 Å². The molecule has 0 unspecified atom stereocenters. The van der Waals surface area contributed by atoms with Gasteiger partial charge in [-0.15, -0.1) is 0 Å². The van der Waals surface area contributed by atoms with Gasteiger partial charge in [-0.3, -0.25) is 0 Å². The van der Waals surface area contributed by atoms with Crippen molar-refractivity contribution in [3.8, 4) is 0 Å². The van der Waals surface area contributed by atoms with E-state index in [0.29, 0.717) is 12.2 Å². The Hall–Kier alpha value is -1.12. The van der Waals surface area contributed by atoms with Crippen molar-refractivity contribution in [2.75, 3.05) is 0 Å². The predicted octanol–water partition coefficient (Wildman–Crippen LogP) is 14.3. The highest BCUT2D eigenvalue weighted by atomic mass is 16.8. The molecule has 2 fully saturated rings. The van der Waals surface area contributed by atoms with Crippen molar-refractivity contribution in [1.29, 1.82) is 0 Å². The molecule has 1 heterocycles. The lowest BCUT2D eigenvalue weighted by Gasteiger charge is -2.29. The number of unbranched alkanes of at least 4 members (excludes halogenated alkanes) is 16. The van der Waals surface area contributed by atoms with Crippen molar-refractivity contribution in [1.82, 2.24) is 0 Å². The lowest BCUT2D eigenvalue weighted by molar-refractivity contribution is -0.186. The van der Waals surface area contributed by atoms with E-state index in [4.69, 9.17) is 9.47 Å². The third-order valence-corrected chi connectivity index (χ3v) is 10.2. The van der Waals surface area contributed by atoms with Crippen molar-refractivity contribution >= 4 is 0 Å². The molecule has 0 radical (unpaired) electrons.